The van der Waals surface area contributed by atoms with Crippen LogP contribution in [0.5, 0.6) is 0 Å². The van der Waals surface area contributed by atoms with Gasteiger partial charge in [0, 0.05) is 18.9 Å². The zero-order valence-electron chi connectivity index (χ0n) is 5.57. The third-order valence-corrected chi connectivity index (χ3v) is 0.687. The smallest absolute Gasteiger partial charge is 0.226 e. The van der Waals surface area contributed by atoms with Crippen molar-refractivity contribution >= 4 is 36.7 Å². The van der Waals surface area contributed by atoms with Gasteiger partial charge in [-0.15, -0.1) is 0 Å². The second-order valence-corrected chi connectivity index (χ2v) is 1.41. The molecule has 1 aromatic rings. The van der Waals surface area contributed by atoms with Crippen molar-refractivity contribution in [2.45, 2.75) is 0 Å². The molecule has 0 fully saturated rings. The summed E-state index contributed by atoms with van der Waals surface area (Å²) >= 11 is 0. The van der Waals surface area contributed by atoms with Crippen LogP contribution in [-0.2, 0) is 0 Å². The molecule has 0 saturated heterocycles. The minimum Gasteiger partial charge on any atom is -0.368 e. The third kappa shape index (κ3) is 2.09. The number of nitrogens with zero attached hydrogens (tertiary/aromatic N) is 3. The average Bonchev–Trinajstić information content (AvgIpc) is 1.59. The van der Waals surface area contributed by atoms with Gasteiger partial charge in [0.25, 0.3) is 0 Å². The van der Waals surface area contributed by atoms with E-state index in [4.69, 9.17) is 17.2 Å². The number of nitrogens with two attached hydrogens (primary N) is 3. The van der Waals surface area contributed by atoms with Crippen molar-refractivity contribution in [1.29, 1.82) is 0 Å². The first-order valence-corrected chi connectivity index (χ1v) is 2.21. The molecule has 1 radical (unpaired) electrons. The zero-order valence-corrected chi connectivity index (χ0v) is 5.57. The van der Waals surface area contributed by atoms with Crippen LogP contribution in [-0.4, -0.2) is 33.8 Å². The topological polar surface area (TPSA) is 117 Å². The molecule has 6 nitrogen and oxygen atoms in total. The summed E-state index contributed by atoms with van der Waals surface area (Å²) in [5.74, 6) is 0.125. The third-order valence-electron chi connectivity index (χ3n) is 0.687. The van der Waals surface area contributed by atoms with Gasteiger partial charge in [-0.05, 0) is 0 Å². The fourth-order valence-corrected chi connectivity index (χ4v) is 0.427. The fraction of sp³-hybridized carbons (Fsp3) is 0. The van der Waals surface area contributed by atoms with Crippen LogP contribution in [0, 0.1) is 0 Å². The molecule has 0 aliphatic heterocycles. The van der Waals surface area contributed by atoms with Crippen molar-refractivity contribution < 1.29 is 0 Å². The standard InChI is InChI=1S/C3H6N6.Li/c4-1-7-2(5)9-3(6)8-1;/h(H6,4,5,6,7,8,9);. The molecule has 1 heterocycles. The van der Waals surface area contributed by atoms with E-state index in [9.17, 15) is 0 Å². The fourth-order valence-electron chi connectivity index (χ4n) is 0.427. The van der Waals surface area contributed by atoms with Crippen LogP contribution >= 0.6 is 0 Å². The second-order valence-electron chi connectivity index (χ2n) is 1.41. The number of nitrogen functional groups attached to an aromatic ring is 3. The normalized spacial score (nSPS) is 8.40. The quantitative estimate of drug-likeness (QED) is 0.361. The van der Waals surface area contributed by atoms with E-state index in [1.165, 1.54) is 0 Å². The molecule has 0 aliphatic rings. The minimum atomic E-state index is 0. The summed E-state index contributed by atoms with van der Waals surface area (Å²) in [5, 5.41) is 0. The molecule has 0 atom stereocenters. The maximum absolute atomic E-state index is 5.14. The van der Waals surface area contributed by atoms with Crippen molar-refractivity contribution in [3.8, 4) is 0 Å². The van der Waals surface area contributed by atoms with Crippen LogP contribution in [0.15, 0.2) is 0 Å². The van der Waals surface area contributed by atoms with Crippen molar-refractivity contribution in [2.24, 2.45) is 0 Å². The van der Waals surface area contributed by atoms with Crippen LogP contribution in [0.4, 0.5) is 17.8 Å². The van der Waals surface area contributed by atoms with Crippen molar-refractivity contribution in [2.75, 3.05) is 17.2 Å². The minimum absolute atomic E-state index is 0. The molecule has 10 heavy (non-hydrogen) atoms. The van der Waals surface area contributed by atoms with Crippen LogP contribution in [0.2, 0.25) is 0 Å². The first-order valence-electron chi connectivity index (χ1n) is 2.21. The number of aromatic nitrogens is 3. The Balaban J connectivity index is 0.000000810. The molecule has 49 valence electrons. The van der Waals surface area contributed by atoms with Gasteiger partial charge < -0.3 is 17.2 Å². The maximum Gasteiger partial charge on any atom is 0.226 e. The van der Waals surface area contributed by atoms with Gasteiger partial charge in [-0.2, -0.15) is 15.0 Å². The predicted molar refractivity (Wildman–Crippen MR) is 38.8 cm³/mol. The number of hydrogen-bond donors (Lipinski definition) is 3. The monoisotopic (exact) mass is 133 g/mol. The Morgan fingerprint density at radius 3 is 1.10 bits per heavy atom. The van der Waals surface area contributed by atoms with Gasteiger partial charge in [0.05, 0.1) is 0 Å². The van der Waals surface area contributed by atoms with E-state index in [0.717, 1.165) is 0 Å². The summed E-state index contributed by atoms with van der Waals surface area (Å²) in [7, 11) is 0. The Labute approximate surface area is 69.4 Å². The Kier molecular flexibility index (Phi) is 2.92. The van der Waals surface area contributed by atoms with Crippen LogP contribution in [0.1, 0.15) is 0 Å². The van der Waals surface area contributed by atoms with Gasteiger partial charge in [0.15, 0.2) is 0 Å². The van der Waals surface area contributed by atoms with Crippen LogP contribution in [0.25, 0.3) is 0 Å². The maximum atomic E-state index is 5.14. The Bertz CT molecular complexity index is 174. The van der Waals surface area contributed by atoms with Gasteiger partial charge in [-0.1, -0.05) is 0 Å². The van der Waals surface area contributed by atoms with Crippen LogP contribution in [0.3, 0.4) is 0 Å². The zero-order chi connectivity index (χ0) is 6.85. The number of hydrogen-bond acceptors (Lipinski definition) is 6. The molecule has 0 unspecified atom stereocenters. The van der Waals surface area contributed by atoms with E-state index in [2.05, 4.69) is 15.0 Å². The number of anilines is 3. The summed E-state index contributed by atoms with van der Waals surface area (Å²) in [6.07, 6.45) is 0. The summed E-state index contributed by atoms with van der Waals surface area (Å²) in [4.78, 5) is 10.5. The second kappa shape index (κ2) is 3.25. The molecule has 1 aromatic heterocycles. The van der Waals surface area contributed by atoms with E-state index in [1.54, 1.807) is 0 Å². The largest absolute Gasteiger partial charge is 0.368 e. The molecule has 0 aromatic carbocycles. The molecule has 0 aliphatic carbocycles. The SMILES string of the molecule is Nc1nc(N)nc(N)n1.[Li]. The van der Waals surface area contributed by atoms with Gasteiger partial charge in [0.1, 0.15) is 0 Å². The Morgan fingerprint density at radius 2 is 0.900 bits per heavy atom. The van der Waals surface area contributed by atoms with Gasteiger partial charge in [-0.25, -0.2) is 0 Å². The van der Waals surface area contributed by atoms with Crippen molar-refractivity contribution in [3.63, 3.8) is 0 Å². The molecule has 0 spiro atoms. The van der Waals surface area contributed by atoms with E-state index >= 15 is 0 Å². The summed E-state index contributed by atoms with van der Waals surface area (Å²) in [6, 6.07) is 0. The van der Waals surface area contributed by atoms with Gasteiger partial charge in [0.2, 0.25) is 17.8 Å². The van der Waals surface area contributed by atoms with E-state index in [-0.39, 0.29) is 36.7 Å². The molecule has 0 saturated carbocycles. The number of rotatable bonds is 0. The average molecular weight is 133 g/mol. The summed E-state index contributed by atoms with van der Waals surface area (Å²) < 4.78 is 0. The molecule has 7 heteroatoms. The molecule has 0 bridgehead atoms. The first kappa shape index (κ1) is 9.01. The predicted octanol–water partition coefficient (Wildman–Crippen LogP) is -1.76. The summed E-state index contributed by atoms with van der Waals surface area (Å²) in [6.45, 7) is 0. The Morgan fingerprint density at radius 1 is 0.700 bits per heavy atom. The molecule has 6 N–H and O–H groups in total. The van der Waals surface area contributed by atoms with Crippen molar-refractivity contribution in [1.82, 2.24) is 15.0 Å². The molecular weight excluding hydrogens is 127 g/mol. The van der Waals surface area contributed by atoms with Gasteiger partial charge in [-0.3, -0.25) is 0 Å². The van der Waals surface area contributed by atoms with E-state index in [0.29, 0.717) is 0 Å². The Hall–Kier alpha value is -0.993. The molecule has 0 amide bonds. The summed E-state index contributed by atoms with van der Waals surface area (Å²) in [5.41, 5.74) is 15.4. The van der Waals surface area contributed by atoms with Crippen LogP contribution < -0.4 is 17.2 Å². The molecular formula is C3H6LiN6. The first-order chi connectivity index (χ1) is 4.18. The van der Waals surface area contributed by atoms with Gasteiger partial charge >= 0.3 is 0 Å². The molecule has 1 rings (SSSR count). The van der Waals surface area contributed by atoms with Crippen molar-refractivity contribution in [3.05, 3.63) is 0 Å². The van der Waals surface area contributed by atoms with E-state index < -0.39 is 0 Å². The van der Waals surface area contributed by atoms with E-state index in [1.807, 2.05) is 0 Å².